The summed E-state index contributed by atoms with van der Waals surface area (Å²) in [4.78, 5) is 2.07. The molecule has 0 bridgehead atoms. The normalized spacial score (nSPS) is 12.5. The smallest absolute Gasteiger partial charge is 0.0912 e. The van der Waals surface area contributed by atoms with E-state index in [1.165, 1.54) is 0 Å². The minimum atomic E-state index is -0.595. The van der Waals surface area contributed by atoms with Crippen molar-refractivity contribution in [3.8, 4) is 0 Å². The third-order valence-electron chi connectivity index (χ3n) is 2.62. The molecule has 0 aromatic heterocycles. The largest absolute Gasteiger partial charge is 0.395 e. The highest BCUT2D eigenvalue weighted by molar-refractivity contribution is 5.47. The second kappa shape index (κ2) is 6.48. The lowest BCUT2D eigenvalue weighted by Gasteiger charge is -2.22. The number of rotatable bonds is 6. The van der Waals surface area contributed by atoms with Gasteiger partial charge in [-0.25, -0.2) is 0 Å². The Kier molecular flexibility index (Phi) is 5.25. The van der Waals surface area contributed by atoms with Crippen LogP contribution in [0.4, 0.5) is 5.69 Å². The SMILES string of the molecule is CCN(CCO)c1ccc(C(O)CN)cc1. The van der Waals surface area contributed by atoms with Crippen LogP contribution in [0.2, 0.25) is 0 Å². The van der Waals surface area contributed by atoms with Crippen molar-refractivity contribution in [2.24, 2.45) is 5.73 Å². The number of benzene rings is 1. The van der Waals surface area contributed by atoms with Crippen molar-refractivity contribution in [2.75, 3.05) is 31.1 Å². The molecule has 16 heavy (non-hydrogen) atoms. The molecule has 0 aliphatic carbocycles. The summed E-state index contributed by atoms with van der Waals surface area (Å²) in [6.45, 7) is 3.88. The van der Waals surface area contributed by atoms with Crippen LogP contribution in [0, 0.1) is 0 Å². The zero-order valence-corrected chi connectivity index (χ0v) is 9.63. The fourth-order valence-corrected chi connectivity index (χ4v) is 1.63. The Morgan fingerprint density at radius 1 is 1.31 bits per heavy atom. The molecule has 4 nitrogen and oxygen atoms in total. The van der Waals surface area contributed by atoms with Gasteiger partial charge >= 0.3 is 0 Å². The molecule has 4 N–H and O–H groups in total. The quantitative estimate of drug-likeness (QED) is 0.658. The Bertz CT molecular complexity index is 300. The average Bonchev–Trinajstić information content (AvgIpc) is 2.35. The molecular formula is C12H20N2O2. The van der Waals surface area contributed by atoms with E-state index in [4.69, 9.17) is 10.8 Å². The topological polar surface area (TPSA) is 69.7 Å². The predicted octanol–water partition coefficient (Wildman–Crippen LogP) is 0.497. The number of hydrogen-bond donors (Lipinski definition) is 3. The van der Waals surface area contributed by atoms with E-state index in [0.29, 0.717) is 6.54 Å². The Morgan fingerprint density at radius 2 is 1.94 bits per heavy atom. The van der Waals surface area contributed by atoms with Gasteiger partial charge in [-0.3, -0.25) is 0 Å². The lowest BCUT2D eigenvalue weighted by molar-refractivity contribution is 0.187. The second-order valence-electron chi connectivity index (χ2n) is 3.65. The molecule has 0 radical (unpaired) electrons. The molecule has 0 aliphatic heterocycles. The Balaban J connectivity index is 2.76. The molecule has 90 valence electrons. The van der Waals surface area contributed by atoms with E-state index in [1.54, 1.807) is 0 Å². The average molecular weight is 224 g/mol. The molecule has 0 saturated carbocycles. The first-order valence-electron chi connectivity index (χ1n) is 5.56. The van der Waals surface area contributed by atoms with E-state index in [9.17, 15) is 5.11 Å². The minimum absolute atomic E-state index is 0.140. The van der Waals surface area contributed by atoms with Crippen LogP contribution in [0.15, 0.2) is 24.3 Å². The number of hydrogen-bond acceptors (Lipinski definition) is 4. The first-order chi connectivity index (χ1) is 7.72. The summed E-state index contributed by atoms with van der Waals surface area (Å²) in [5.41, 5.74) is 7.25. The van der Waals surface area contributed by atoms with Crippen molar-refractivity contribution >= 4 is 5.69 Å². The third-order valence-corrected chi connectivity index (χ3v) is 2.62. The van der Waals surface area contributed by atoms with E-state index in [-0.39, 0.29) is 13.2 Å². The molecular weight excluding hydrogens is 204 g/mol. The predicted molar refractivity (Wildman–Crippen MR) is 65.4 cm³/mol. The molecule has 1 aromatic carbocycles. The van der Waals surface area contributed by atoms with Crippen molar-refractivity contribution < 1.29 is 10.2 Å². The first kappa shape index (κ1) is 13.0. The van der Waals surface area contributed by atoms with Crippen LogP contribution in [0.5, 0.6) is 0 Å². The monoisotopic (exact) mass is 224 g/mol. The van der Waals surface area contributed by atoms with Gasteiger partial charge in [-0.15, -0.1) is 0 Å². The van der Waals surface area contributed by atoms with Gasteiger partial charge in [0.1, 0.15) is 0 Å². The van der Waals surface area contributed by atoms with E-state index in [1.807, 2.05) is 31.2 Å². The third kappa shape index (κ3) is 3.20. The Morgan fingerprint density at radius 3 is 2.38 bits per heavy atom. The molecule has 0 aliphatic rings. The molecule has 4 heteroatoms. The number of likely N-dealkylation sites (N-methyl/N-ethyl adjacent to an activating group) is 1. The van der Waals surface area contributed by atoms with Crippen molar-refractivity contribution in [3.05, 3.63) is 29.8 Å². The summed E-state index contributed by atoms with van der Waals surface area (Å²) in [5, 5.41) is 18.5. The van der Waals surface area contributed by atoms with E-state index in [0.717, 1.165) is 17.8 Å². The molecule has 0 fully saturated rings. The van der Waals surface area contributed by atoms with Crippen LogP contribution in [0.25, 0.3) is 0 Å². The van der Waals surface area contributed by atoms with Crippen LogP contribution in [0.3, 0.4) is 0 Å². The van der Waals surface area contributed by atoms with Crippen LogP contribution in [-0.4, -0.2) is 36.5 Å². The fourth-order valence-electron chi connectivity index (χ4n) is 1.63. The lowest BCUT2D eigenvalue weighted by Crippen LogP contribution is -2.26. The molecule has 1 aromatic rings. The maximum atomic E-state index is 9.54. The molecule has 1 rings (SSSR count). The molecule has 1 atom stereocenters. The van der Waals surface area contributed by atoms with Gasteiger partial charge in [-0.2, -0.15) is 0 Å². The zero-order chi connectivity index (χ0) is 12.0. The van der Waals surface area contributed by atoms with Crippen molar-refractivity contribution in [2.45, 2.75) is 13.0 Å². The van der Waals surface area contributed by atoms with Crippen LogP contribution >= 0.6 is 0 Å². The highest BCUT2D eigenvalue weighted by Gasteiger charge is 2.07. The van der Waals surface area contributed by atoms with Gasteiger partial charge in [0.25, 0.3) is 0 Å². The van der Waals surface area contributed by atoms with Gasteiger partial charge in [0.15, 0.2) is 0 Å². The van der Waals surface area contributed by atoms with E-state index < -0.39 is 6.10 Å². The maximum Gasteiger partial charge on any atom is 0.0912 e. The highest BCUT2D eigenvalue weighted by Crippen LogP contribution is 2.18. The van der Waals surface area contributed by atoms with Crippen molar-refractivity contribution in [3.63, 3.8) is 0 Å². The van der Waals surface area contributed by atoms with Crippen LogP contribution in [0.1, 0.15) is 18.6 Å². The van der Waals surface area contributed by atoms with Crippen LogP contribution in [-0.2, 0) is 0 Å². The van der Waals surface area contributed by atoms with Gasteiger partial charge in [-0.1, -0.05) is 12.1 Å². The number of aliphatic hydroxyl groups is 2. The molecule has 0 saturated heterocycles. The summed E-state index contributed by atoms with van der Waals surface area (Å²) >= 11 is 0. The molecule has 0 heterocycles. The van der Waals surface area contributed by atoms with Crippen LogP contribution < -0.4 is 10.6 Å². The summed E-state index contributed by atoms with van der Waals surface area (Å²) < 4.78 is 0. The summed E-state index contributed by atoms with van der Waals surface area (Å²) in [6.07, 6.45) is -0.595. The minimum Gasteiger partial charge on any atom is -0.395 e. The lowest BCUT2D eigenvalue weighted by atomic mass is 10.1. The van der Waals surface area contributed by atoms with Gasteiger partial charge < -0.3 is 20.8 Å². The number of nitrogens with two attached hydrogens (primary N) is 1. The van der Waals surface area contributed by atoms with Gasteiger partial charge in [0.05, 0.1) is 12.7 Å². The van der Waals surface area contributed by atoms with Gasteiger partial charge in [0, 0.05) is 25.3 Å². The Labute approximate surface area is 96.3 Å². The van der Waals surface area contributed by atoms with Gasteiger partial charge in [-0.05, 0) is 24.6 Å². The second-order valence-corrected chi connectivity index (χ2v) is 3.65. The number of aliphatic hydroxyl groups excluding tert-OH is 2. The van der Waals surface area contributed by atoms with Crippen molar-refractivity contribution in [1.29, 1.82) is 0 Å². The van der Waals surface area contributed by atoms with E-state index in [2.05, 4.69) is 4.90 Å². The summed E-state index contributed by atoms with van der Waals surface area (Å²) in [7, 11) is 0. The molecule has 1 unspecified atom stereocenters. The summed E-state index contributed by atoms with van der Waals surface area (Å²) in [5.74, 6) is 0. The van der Waals surface area contributed by atoms with Gasteiger partial charge in [0.2, 0.25) is 0 Å². The number of nitrogens with zero attached hydrogens (tertiary/aromatic N) is 1. The summed E-state index contributed by atoms with van der Waals surface area (Å²) in [6, 6.07) is 7.61. The molecule has 0 spiro atoms. The first-order valence-corrected chi connectivity index (χ1v) is 5.56. The zero-order valence-electron chi connectivity index (χ0n) is 9.63. The Hall–Kier alpha value is -1.10. The van der Waals surface area contributed by atoms with Crippen molar-refractivity contribution in [1.82, 2.24) is 0 Å². The number of anilines is 1. The highest BCUT2D eigenvalue weighted by atomic mass is 16.3. The van der Waals surface area contributed by atoms with E-state index >= 15 is 0 Å². The molecule has 0 amide bonds. The fraction of sp³-hybridized carbons (Fsp3) is 0.500. The standard InChI is InChI=1S/C12H20N2O2/c1-2-14(7-8-15)11-5-3-10(4-6-11)12(16)9-13/h3-6,12,15-16H,2,7-9,13H2,1H3. The maximum absolute atomic E-state index is 9.54.